The Kier molecular flexibility index (Phi) is 8.38. The van der Waals surface area contributed by atoms with E-state index in [2.05, 4.69) is 22.5 Å². The van der Waals surface area contributed by atoms with Gasteiger partial charge in [-0.05, 0) is 30.7 Å². The predicted octanol–water partition coefficient (Wildman–Crippen LogP) is 2.55. The van der Waals surface area contributed by atoms with Gasteiger partial charge in [0.05, 0.1) is 13.2 Å². The van der Waals surface area contributed by atoms with Gasteiger partial charge in [-0.15, -0.1) is 0 Å². The Hall–Kier alpha value is -2.97. The molecule has 2 N–H and O–H groups in total. The van der Waals surface area contributed by atoms with E-state index in [1.807, 2.05) is 0 Å². The van der Waals surface area contributed by atoms with Gasteiger partial charge in [0.15, 0.2) is 0 Å². The first-order chi connectivity index (χ1) is 13.5. The van der Waals surface area contributed by atoms with Gasteiger partial charge in [0.1, 0.15) is 11.6 Å². The van der Waals surface area contributed by atoms with Crippen LogP contribution in [0.15, 0.2) is 36.7 Å². The number of hydrogen-bond acceptors (Lipinski definition) is 4. The normalized spacial score (nSPS) is 10.7. The summed E-state index contributed by atoms with van der Waals surface area (Å²) < 4.78 is 31.7. The fourth-order valence-corrected chi connectivity index (χ4v) is 2.39. The van der Waals surface area contributed by atoms with Crippen LogP contribution in [0.2, 0.25) is 0 Å². The van der Waals surface area contributed by atoms with Crippen LogP contribution in [0.4, 0.5) is 8.78 Å². The second-order valence-electron chi connectivity index (χ2n) is 6.04. The molecule has 0 aliphatic heterocycles. The Morgan fingerprint density at radius 3 is 2.64 bits per heavy atom. The SMILES string of the molecule is CCCCOc1ccc(C(=O)NCC(=O)NCCc2nccn2C(F)F)cc1. The lowest BCUT2D eigenvalue weighted by Crippen LogP contribution is -2.37. The number of benzene rings is 1. The molecule has 28 heavy (non-hydrogen) atoms. The van der Waals surface area contributed by atoms with Gasteiger partial charge in [0.2, 0.25) is 5.91 Å². The highest BCUT2D eigenvalue weighted by Crippen LogP contribution is 2.13. The highest BCUT2D eigenvalue weighted by atomic mass is 19.3. The third-order valence-corrected chi connectivity index (χ3v) is 3.92. The largest absolute Gasteiger partial charge is 0.494 e. The van der Waals surface area contributed by atoms with Gasteiger partial charge in [0.25, 0.3) is 5.91 Å². The second-order valence-corrected chi connectivity index (χ2v) is 6.04. The molecule has 0 radical (unpaired) electrons. The minimum Gasteiger partial charge on any atom is -0.494 e. The van der Waals surface area contributed by atoms with Crippen LogP contribution < -0.4 is 15.4 Å². The van der Waals surface area contributed by atoms with E-state index in [-0.39, 0.29) is 31.2 Å². The number of amides is 2. The number of carbonyl (C=O) groups excluding carboxylic acids is 2. The Morgan fingerprint density at radius 1 is 1.21 bits per heavy atom. The van der Waals surface area contributed by atoms with Crippen LogP contribution in [0.25, 0.3) is 0 Å². The summed E-state index contributed by atoms with van der Waals surface area (Å²) in [5.74, 6) is 0.0667. The summed E-state index contributed by atoms with van der Waals surface area (Å²) in [5.41, 5.74) is 0.412. The molecule has 0 atom stereocenters. The van der Waals surface area contributed by atoms with E-state index in [4.69, 9.17) is 4.74 Å². The van der Waals surface area contributed by atoms with Crippen molar-refractivity contribution in [3.8, 4) is 5.75 Å². The molecule has 2 rings (SSSR count). The maximum absolute atomic E-state index is 12.7. The molecule has 1 heterocycles. The van der Waals surface area contributed by atoms with Crippen molar-refractivity contribution >= 4 is 11.8 Å². The summed E-state index contributed by atoms with van der Waals surface area (Å²) in [7, 11) is 0. The van der Waals surface area contributed by atoms with Crippen molar-refractivity contribution in [2.75, 3.05) is 19.7 Å². The number of nitrogens with zero attached hydrogens (tertiary/aromatic N) is 2. The van der Waals surface area contributed by atoms with Gasteiger partial charge in [-0.2, -0.15) is 8.78 Å². The van der Waals surface area contributed by atoms with Crippen LogP contribution in [0.1, 0.15) is 42.5 Å². The number of nitrogens with one attached hydrogen (secondary N) is 2. The highest BCUT2D eigenvalue weighted by molar-refractivity contribution is 5.96. The molecular formula is C19H24F2N4O3. The first kappa shape index (κ1) is 21.3. The van der Waals surface area contributed by atoms with Gasteiger partial charge in [-0.3, -0.25) is 14.2 Å². The van der Waals surface area contributed by atoms with E-state index >= 15 is 0 Å². The van der Waals surface area contributed by atoms with Crippen LogP contribution in [-0.4, -0.2) is 41.1 Å². The summed E-state index contributed by atoms with van der Waals surface area (Å²) in [6.07, 6.45) is 4.63. The summed E-state index contributed by atoms with van der Waals surface area (Å²) in [5, 5.41) is 5.07. The van der Waals surface area contributed by atoms with E-state index in [0.29, 0.717) is 17.9 Å². The number of halogens is 2. The van der Waals surface area contributed by atoms with Crippen LogP contribution >= 0.6 is 0 Å². The standard InChI is InChI=1S/C19H24F2N4O3/c1-2-3-12-28-15-6-4-14(5-7-15)18(27)24-13-17(26)23-9-8-16-22-10-11-25(16)19(20)21/h4-7,10-11,19H,2-3,8-9,12-13H2,1H3,(H,23,26)(H,24,27). The summed E-state index contributed by atoms with van der Waals surface area (Å²) in [6, 6.07) is 6.66. The number of hydrogen-bond donors (Lipinski definition) is 2. The van der Waals surface area contributed by atoms with Crippen LogP contribution in [0.3, 0.4) is 0 Å². The average Bonchev–Trinajstić information content (AvgIpc) is 3.16. The van der Waals surface area contributed by atoms with E-state index in [1.54, 1.807) is 24.3 Å². The fraction of sp³-hybridized carbons (Fsp3) is 0.421. The molecule has 152 valence electrons. The minimum absolute atomic E-state index is 0.141. The molecule has 0 saturated heterocycles. The van der Waals surface area contributed by atoms with E-state index in [1.165, 1.54) is 12.4 Å². The van der Waals surface area contributed by atoms with Gasteiger partial charge in [0, 0.05) is 30.9 Å². The minimum atomic E-state index is -2.67. The lowest BCUT2D eigenvalue weighted by atomic mass is 10.2. The van der Waals surface area contributed by atoms with Crippen molar-refractivity contribution in [1.82, 2.24) is 20.2 Å². The van der Waals surface area contributed by atoms with Crippen molar-refractivity contribution in [2.24, 2.45) is 0 Å². The summed E-state index contributed by atoms with van der Waals surface area (Å²) >= 11 is 0. The molecule has 9 heteroatoms. The average molecular weight is 394 g/mol. The van der Waals surface area contributed by atoms with Crippen molar-refractivity contribution in [3.05, 3.63) is 48.0 Å². The van der Waals surface area contributed by atoms with Gasteiger partial charge < -0.3 is 15.4 Å². The fourth-order valence-electron chi connectivity index (χ4n) is 2.39. The van der Waals surface area contributed by atoms with Gasteiger partial charge in [-0.1, -0.05) is 13.3 Å². The molecule has 0 aliphatic rings. The number of ether oxygens (including phenoxy) is 1. The molecule has 0 saturated carbocycles. The van der Waals surface area contributed by atoms with Crippen molar-refractivity contribution in [1.29, 1.82) is 0 Å². The lowest BCUT2D eigenvalue weighted by molar-refractivity contribution is -0.120. The molecule has 7 nitrogen and oxygen atoms in total. The Labute approximate surface area is 162 Å². The number of carbonyl (C=O) groups is 2. The molecule has 0 fully saturated rings. The van der Waals surface area contributed by atoms with E-state index in [9.17, 15) is 18.4 Å². The number of alkyl halides is 2. The van der Waals surface area contributed by atoms with E-state index < -0.39 is 12.5 Å². The molecule has 2 aromatic rings. The van der Waals surface area contributed by atoms with Crippen molar-refractivity contribution in [2.45, 2.75) is 32.7 Å². The first-order valence-corrected chi connectivity index (χ1v) is 9.09. The molecule has 1 aromatic carbocycles. The topological polar surface area (TPSA) is 85.2 Å². The van der Waals surface area contributed by atoms with Crippen molar-refractivity contribution < 1.29 is 23.1 Å². The monoisotopic (exact) mass is 394 g/mol. The number of aromatic nitrogens is 2. The third-order valence-electron chi connectivity index (χ3n) is 3.92. The maximum atomic E-state index is 12.7. The molecule has 0 spiro atoms. The van der Waals surface area contributed by atoms with Crippen molar-refractivity contribution in [3.63, 3.8) is 0 Å². The quantitative estimate of drug-likeness (QED) is 0.574. The Morgan fingerprint density at radius 2 is 1.96 bits per heavy atom. The molecule has 2 amide bonds. The first-order valence-electron chi connectivity index (χ1n) is 9.09. The zero-order chi connectivity index (χ0) is 20.4. The molecule has 0 bridgehead atoms. The third kappa shape index (κ3) is 6.64. The van der Waals surface area contributed by atoms with Crippen LogP contribution in [-0.2, 0) is 11.2 Å². The highest BCUT2D eigenvalue weighted by Gasteiger charge is 2.12. The molecule has 0 unspecified atom stereocenters. The zero-order valence-corrected chi connectivity index (χ0v) is 15.7. The molecular weight excluding hydrogens is 370 g/mol. The zero-order valence-electron chi connectivity index (χ0n) is 15.7. The number of unbranched alkanes of at least 4 members (excludes halogenated alkanes) is 1. The molecule has 1 aromatic heterocycles. The van der Waals surface area contributed by atoms with Crippen LogP contribution in [0.5, 0.6) is 5.75 Å². The Balaban J connectivity index is 1.70. The van der Waals surface area contributed by atoms with E-state index in [0.717, 1.165) is 17.4 Å². The van der Waals surface area contributed by atoms with Gasteiger partial charge in [-0.25, -0.2) is 4.98 Å². The molecule has 0 aliphatic carbocycles. The smallest absolute Gasteiger partial charge is 0.319 e. The predicted molar refractivity (Wildman–Crippen MR) is 99.4 cm³/mol. The Bertz CT molecular complexity index is 763. The lowest BCUT2D eigenvalue weighted by Gasteiger charge is -2.09. The van der Waals surface area contributed by atoms with Crippen LogP contribution in [0, 0.1) is 0 Å². The van der Waals surface area contributed by atoms with Gasteiger partial charge >= 0.3 is 6.55 Å². The second kappa shape index (κ2) is 11.0. The summed E-state index contributed by atoms with van der Waals surface area (Å²) in [6.45, 7) is -0.0415. The number of imidazole rings is 1. The summed E-state index contributed by atoms with van der Waals surface area (Å²) in [4.78, 5) is 27.7. The maximum Gasteiger partial charge on any atom is 0.319 e. The number of rotatable bonds is 11.